The van der Waals surface area contributed by atoms with E-state index in [0.29, 0.717) is 6.04 Å². The summed E-state index contributed by atoms with van der Waals surface area (Å²) in [5, 5.41) is 1.25. The summed E-state index contributed by atoms with van der Waals surface area (Å²) in [6.45, 7) is 8.96. The second kappa shape index (κ2) is 7.76. The van der Waals surface area contributed by atoms with E-state index in [2.05, 4.69) is 60.1 Å². The van der Waals surface area contributed by atoms with Crippen molar-refractivity contribution in [2.45, 2.75) is 39.2 Å². The lowest BCUT2D eigenvalue weighted by atomic mass is 10.0. The van der Waals surface area contributed by atoms with Crippen molar-refractivity contribution in [3.8, 4) is 0 Å². The summed E-state index contributed by atoms with van der Waals surface area (Å²) in [6, 6.07) is 11.8. The van der Waals surface area contributed by atoms with Gasteiger partial charge in [0, 0.05) is 37.6 Å². The van der Waals surface area contributed by atoms with Crippen molar-refractivity contribution in [1.82, 2.24) is 9.88 Å². The fraction of sp³-hybridized carbons (Fsp3) is 0.476. The van der Waals surface area contributed by atoms with E-state index < -0.39 is 0 Å². The van der Waals surface area contributed by atoms with Gasteiger partial charge in [0.25, 0.3) is 0 Å². The zero-order valence-electron chi connectivity index (χ0n) is 15.2. The lowest BCUT2D eigenvalue weighted by Gasteiger charge is -2.37. The molecule has 0 radical (unpaired) electrons. The number of fused-ring (bicyclic) bond motifs is 1. The van der Waals surface area contributed by atoms with E-state index in [-0.39, 0.29) is 12.4 Å². The van der Waals surface area contributed by atoms with Crippen molar-refractivity contribution in [1.29, 1.82) is 0 Å². The lowest BCUT2D eigenvalue weighted by molar-refractivity contribution is 0.209. The molecule has 1 saturated heterocycles. The standard InChI is InChI=1S/C21H27N3.ClH/c1-16(2)23-11-13-24(14-12-23)21-10-8-19-15-18(7-9-20(19)22-21)17-5-3-4-6-17;/h5,7-10,15-16H,3-4,6,11-14H2,1-2H3;1H. The van der Waals surface area contributed by atoms with Crippen LogP contribution in [0.2, 0.25) is 0 Å². The lowest BCUT2D eigenvalue weighted by Crippen LogP contribution is -2.49. The van der Waals surface area contributed by atoms with Crippen molar-refractivity contribution >= 4 is 34.7 Å². The Kier molecular flexibility index (Phi) is 5.65. The summed E-state index contributed by atoms with van der Waals surface area (Å²) in [4.78, 5) is 9.89. The molecule has 1 aromatic heterocycles. The van der Waals surface area contributed by atoms with Gasteiger partial charge in [-0.15, -0.1) is 12.4 Å². The van der Waals surface area contributed by atoms with Crippen molar-refractivity contribution in [3.05, 3.63) is 42.0 Å². The average Bonchev–Trinajstić information content (AvgIpc) is 3.15. The van der Waals surface area contributed by atoms with Gasteiger partial charge in [-0.2, -0.15) is 0 Å². The molecule has 0 amide bonds. The van der Waals surface area contributed by atoms with E-state index >= 15 is 0 Å². The Hall–Kier alpha value is -1.58. The molecule has 4 heteroatoms. The van der Waals surface area contributed by atoms with Crippen molar-refractivity contribution in [3.63, 3.8) is 0 Å². The smallest absolute Gasteiger partial charge is 0.129 e. The van der Waals surface area contributed by atoms with Crippen molar-refractivity contribution < 1.29 is 0 Å². The van der Waals surface area contributed by atoms with Gasteiger partial charge in [0.05, 0.1) is 5.52 Å². The number of hydrogen-bond acceptors (Lipinski definition) is 3. The average molecular weight is 358 g/mol. The van der Waals surface area contributed by atoms with E-state index in [1.807, 2.05) is 0 Å². The molecule has 1 aromatic carbocycles. The highest BCUT2D eigenvalue weighted by atomic mass is 35.5. The molecular formula is C21H28ClN3. The summed E-state index contributed by atoms with van der Waals surface area (Å²) in [5.74, 6) is 1.12. The Labute approximate surface area is 157 Å². The number of rotatable bonds is 3. The minimum Gasteiger partial charge on any atom is -0.354 e. The van der Waals surface area contributed by atoms with Gasteiger partial charge >= 0.3 is 0 Å². The molecule has 4 rings (SSSR count). The van der Waals surface area contributed by atoms with Crippen LogP contribution in [-0.2, 0) is 0 Å². The van der Waals surface area contributed by atoms with E-state index in [1.165, 1.54) is 35.8 Å². The van der Waals surface area contributed by atoms with E-state index in [0.717, 1.165) is 37.5 Å². The molecule has 1 aliphatic heterocycles. The second-order valence-corrected chi connectivity index (χ2v) is 7.32. The van der Waals surface area contributed by atoms with Crippen LogP contribution in [0, 0.1) is 0 Å². The molecule has 2 aromatic rings. The first-order chi connectivity index (χ1) is 11.7. The molecule has 0 spiro atoms. The summed E-state index contributed by atoms with van der Waals surface area (Å²) in [6.07, 6.45) is 6.13. The molecule has 3 nitrogen and oxygen atoms in total. The molecule has 2 aliphatic rings. The maximum absolute atomic E-state index is 4.92. The van der Waals surface area contributed by atoms with Crippen molar-refractivity contribution in [2.75, 3.05) is 31.1 Å². The largest absolute Gasteiger partial charge is 0.354 e. The van der Waals surface area contributed by atoms with E-state index in [9.17, 15) is 0 Å². The van der Waals surface area contributed by atoms with Crippen LogP contribution in [0.1, 0.15) is 38.7 Å². The van der Waals surface area contributed by atoms with Crippen LogP contribution in [0.3, 0.4) is 0 Å². The first kappa shape index (κ1) is 18.2. The van der Waals surface area contributed by atoms with E-state index in [4.69, 9.17) is 4.98 Å². The molecule has 1 aliphatic carbocycles. The van der Waals surface area contributed by atoms with Crippen molar-refractivity contribution in [2.24, 2.45) is 0 Å². The molecule has 2 heterocycles. The SMILES string of the molecule is CC(C)N1CCN(c2ccc3cc(C4=CCCC4)ccc3n2)CC1.Cl. The maximum Gasteiger partial charge on any atom is 0.129 e. The Balaban J connectivity index is 0.00000182. The van der Waals surface area contributed by atoms with Crippen LogP contribution < -0.4 is 4.90 Å². The number of allylic oxidation sites excluding steroid dienone is 2. The van der Waals surface area contributed by atoms with Crippen LogP contribution in [-0.4, -0.2) is 42.1 Å². The molecule has 0 saturated carbocycles. The Bertz CT molecular complexity index is 761. The molecular weight excluding hydrogens is 330 g/mol. The zero-order valence-corrected chi connectivity index (χ0v) is 16.1. The summed E-state index contributed by atoms with van der Waals surface area (Å²) < 4.78 is 0. The van der Waals surface area contributed by atoms with Crippen LogP contribution in [0.4, 0.5) is 5.82 Å². The molecule has 0 bridgehead atoms. The fourth-order valence-electron chi connectivity index (χ4n) is 3.89. The van der Waals surface area contributed by atoms with Gasteiger partial charge in [-0.25, -0.2) is 4.98 Å². The molecule has 25 heavy (non-hydrogen) atoms. The monoisotopic (exact) mass is 357 g/mol. The van der Waals surface area contributed by atoms with E-state index in [1.54, 1.807) is 0 Å². The van der Waals surface area contributed by atoms with Crippen LogP contribution in [0.15, 0.2) is 36.4 Å². The Morgan fingerprint density at radius 2 is 1.80 bits per heavy atom. The van der Waals surface area contributed by atoms with Gasteiger partial charge in [0.2, 0.25) is 0 Å². The summed E-state index contributed by atoms with van der Waals surface area (Å²) >= 11 is 0. The van der Waals surface area contributed by atoms with Crippen LogP contribution >= 0.6 is 12.4 Å². The van der Waals surface area contributed by atoms with Gasteiger partial charge in [-0.3, -0.25) is 4.90 Å². The number of benzene rings is 1. The van der Waals surface area contributed by atoms with Gasteiger partial charge in [-0.1, -0.05) is 12.1 Å². The highest BCUT2D eigenvalue weighted by molar-refractivity contribution is 5.85. The number of hydrogen-bond donors (Lipinski definition) is 0. The van der Waals surface area contributed by atoms with Gasteiger partial charge < -0.3 is 4.90 Å². The number of nitrogens with zero attached hydrogens (tertiary/aromatic N) is 3. The van der Waals surface area contributed by atoms with Crippen LogP contribution in [0.25, 0.3) is 16.5 Å². The first-order valence-electron chi connectivity index (χ1n) is 9.30. The Morgan fingerprint density at radius 3 is 2.48 bits per heavy atom. The minimum atomic E-state index is 0. The summed E-state index contributed by atoms with van der Waals surface area (Å²) in [7, 11) is 0. The molecule has 0 atom stereocenters. The predicted molar refractivity (Wildman–Crippen MR) is 110 cm³/mol. The number of piperazine rings is 1. The van der Waals surface area contributed by atoms with Gasteiger partial charge in [-0.05, 0) is 68.5 Å². The zero-order chi connectivity index (χ0) is 16.5. The minimum absolute atomic E-state index is 0. The fourth-order valence-corrected chi connectivity index (χ4v) is 3.89. The summed E-state index contributed by atoms with van der Waals surface area (Å²) in [5.41, 5.74) is 3.99. The first-order valence-corrected chi connectivity index (χ1v) is 9.30. The maximum atomic E-state index is 4.92. The van der Waals surface area contributed by atoms with Gasteiger partial charge in [0.1, 0.15) is 5.82 Å². The topological polar surface area (TPSA) is 19.4 Å². The highest BCUT2D eigenvalue weighted by Crippen LogP contribution is 2.30. The third-order valence-electron chi connectivity index (χ3n) is 5.45. The molecule has 0 unspecified atom stereocenters. The van der Waals surface area contributed by atoms with Crippen LogP contribution in [0.5, 0.6) is 0 Å². The molecule has 134 valence electrons. The number of halogens is 1. The number of pyridine rings is 1. The van der Waals surface area contributed by atoms with Gasteiger partial charge in [0.15, 0.2) is 0 Å². The number of anilines is 1. The molecule has 0 N–H and O–H groups in total. The normalized spacial score (nSPS) is 18.5. The second-order valence-electron chi connectivity index (χ2n) is 7.32. The third-order valence-corrected chi connectivity index (χ3v) is 5.45. The number of aromatic nitrogens is 1. The quantitative estimate of drug-likeness (QED) is 0.789. The molecule has 1 fully saturated rings. The highest BCUT2D eigenvalue weighted by Gasteiger charge is 2.19. The predicted octanol–water partition coefficient (Wildman–Crippen LogP) is 4.75. The Morgan fingerprint density at radius 1 is 1.00 bits per heavy atom. The third kappa shape index (κ3) is 3.83.